The van der Waals surface area contributed by atoms with Gasteiger partial charge in [-0.25, -0.2) is 4.99 Å². The average molecular weight is 312 g/mol. The van der Waals surface area contributed by atoms with Crippen molar-refractivity contribution in [3.05, 3.63) is 0 Å². The van der Waals surface area contributed by atoms with Crippen LogP contribution in [0, 0.1) is 5.92 Å². The number of guanidine groups is 1. The van der Waals surface area contributed by atoms with Gasteiger partial charge in [0.15, 0.2) is 5.96 Å². The fourth-order valence-electron chi connectivity index (χ4n) is 2.46. The number of aliphatic imine (C=N–C) groups is 1. The summed E-state index contributed by atoms with van der Waals surface area (Å²) in [6.45, 7) is 4.15. The molecule has 2 atom stereocenters. The highest BCUT2D eigenvalue weighted by Gasteiger charge is 2.18. The molecular formula is C15H28N4O3. The maximum absolute atomic E-state index is 11.7. The van der Waals surface area contributed by atoms with E-state index in [1.807, 2.05) is 0 Å². The number of amides is 1. The maximum atomic E-state index is 11.7. The fraction of sp³-hybridized carbons (Fsp3) is 0.867. The van der Waals surface area contributed by atoms with Gasteiger partial charge in [-0.1, -0.05) is 0 Å². The van der Waals surface area contributed by atoms with Crippen molar-refractivity contribution in [3.63, 3.8) is 0 Å². The van der Waals surface area contributed by atoms with Gasteiger partial charge in [-0.15, -0.1) is 0 Å². The van der Waals surface area contributed by atoms with Crippen LogP contribution in [0.4, 0.5) is 0 Å². The Hall–Kier alpha value is -1.34. The summed E-state index contributed by atoms with van der Waals surface area (Å²) in [5.74, 6) is 1.18. The molecule has 0 spiro atoms. The van der Waals surface area contributed by atoms with Crippen LogP contribution in [0.1, 0.15) is 19.3 Å². The molecule has 7 nitrogen and oxygen atoms in total. The summed E-state index contributed by atoms with van der Waals surface area (Å²) in [5, 5.41) is 6.59. The van der Waals surface area contributed by atoms with Gasteiger partial charge in [0.25, 0.3) is 0 Å². The molecule has 0 bridgehead atoms. The molecule has 0 aromatic carbocycles. The summed E-state index contributed by atoms with van der Waals surface area (Å²) >= 11 is 0. The highest BCUT2D eigenvalue weighted by molar-refractivity contribution is 5.84. The van der Waals surface area contributed by atoms with E-state index in [1.165, 1.54) is 0 Å². The second-order valence-electron chi connectivity index (χ2n) is 6.08. The summed E-state index contributed by atoms with van der Waals surface area (Å²) < 4.78 is 11.0. The van der Waals surface area contributed by atoms with Crippen molar-refractivity contribution < 1.29 is 14.3 Å². The van der Waals surface area contributed by atoms with Crippen molar-refractivity contribution >= 4 is 11.9 Å². The van der Waals surface area contributed by atoms with Crippen LogP contribution < -0.4 is 10.6 Å². The third-order valence-corrected chi connectivity index (χ3v) is 3.97. The number of hydrogen-bond acceptors (Lipinski definition) is 4. The minimum absolute atomic E-state index is 0.0117. The Morgan fingerprint density at radius 1 is 1.23 bits per heavy atom. The molecule has 0 radical (unpaired) electrons. The molecule has 0 saturated carbocycles. The summed E-state index contributed by atoms with van der Waals surface area (Å²) in [6.07, 6.45) is 3.51. The summed E-state index contributed by atoms with van der Waals surface area (Å²) in [7, 11) is 3.47. The Morgan fingerprint density at radius 3 is 2.68 bits per heavy atom. The Morgan fingerprint density at radius 2 is 2.05 bits per heavy atom. The van der Waals surface area contributed by atoms with Gasteiger partial charge < -0.3 is 25.0 Å². The third kappa shape index (κ3) is 5.81. The van der Waals surface area contributed by atoms with E-state index in [2.05, 4.69) is 15.6 Å². The largest absolute Gasteiger partial charge is 0.381 e. The maximum Gasteiger partial charge on any atom is 0.243 e. The fourth-order valence-corrected chi connectivity index (χ4v) is 2.46. The number of hydrogen-bond donors (Lipinski definition) is 2. The zero-order valence-corrected chi connectivity index (χ0v) is 13.6. The lowest BCUT2D eigenvalue weighted by molar-refractivity contribution is -0.127. The molecule has 0 aliphatic carbocycles. The van der Waals surface area contributed by atoms with Crippen LogP contribution in [0.2, 0.25) is 0 Å². The first-order valence-electron chi connectivity index (χ1n) is 8.07. The van der Waals surface area contributed by atoms with E-state index in [4.69, 9.17) is 9.47 Å². The molecule has 2 fully saturated rings. The summed E-state index contributed by atoms with van der Waals surface area (Å²) in [5.41, 5.74) is 0. The molecule has 2 aliphatic heterocycles. The molecule has 0 aromatic heterocycles. The lowest BCUT2D eigenvalue weighted by Gasteiger charge is -2.17. The molecular weight excluding hydrogens is 284 g/mol. The molecule has 2 heterocycles. The molecule has 22 heavy (non-hydrogen) atoms. The minimum atomic E-state index is -0.0117. The van der Waals surface area contributed by atoms with Crippen LogP contribution in [-0.2, 0) is 14.3 Å². The van der Waals surface area contributed by atoms with Gasteiger partial charge in [0.2, 0.25) is 5.91 Å². The highest BCUT2D eigenvalue weighted by atomic mass is 16.5. The molecule has 1 amide bonds. The molecule has 2 saturated heterocycles. The number of rotatable bonds is 6. The van der Waals surface area contributed by atoms with Crippen LogP contribution in [0.5, 0.6) is 0 Å². The SMILES string of the molecule is CN(C)C(=O)CN=C(NCC1CCOC1)NCC1CCCO1. The Kier molecular flexibility index (Phi) is 6.92. The molecule has 2 aliphatic rings. The predicted octanol–water partition coefficient (Wildman–Crippen LogP) is -0.175. The van der Waals surface area contributed by atoms with Crippen molar-refractivity contribution in [2.24, 2.45) is 10.9 Å². The Balaban J connectivity index is 1.80. The number of carbonyl (C=O) groups is 1. The zero-order chi connectivity index (χ0) is 15.8. The van der Waals surface area contributed by atoms with Crippen molar-refractivity contribution in [1.82, 2.24) is 15.5 Å². The average Bonchev–Trinajstić information content (AvgIpc) is 3.19. The van der Waals surface area contributed by atoms with E-state index in [1.54, 1.807) is 19.0 Å². The van der Waals surface area contributed by atoms with Crippen molar-refractivity contribution in [2.45, 2.75) is 25.4 Å². The molecule has 2 N–H and O–H groups in total. The predicted molar refractivity (Wildman–Crippen MR) is 84.9 cm³/mol. The second kappa shape index (κ2) is 8.95. The van der Waals surface area contributed by atoms with E-state index < -0.39 is 0 Å². The first kappa shape index (κ1) is 17.0. The molecule has 7 heteroatoms. The van der Waals surface area contributed by atoms with Crippen molar-refractivity contribution in [2.75, 3.05) is 53.6 Å². The summed E-state index contributed by atoms with van der Waals surface area (Å²) in [4.78, 5) is 17.6. The normalized spacial score (nSPS) is 25.3. The Labute approximate surface area is 132 Å². The van der Waals surface area contributed by atoms with E-state index in [9.17, 15) is 4.79 Å². The van der Waals surface area contributed by atoms with Crippen molar-refractivity contribution in [3.8, 4) is 0 Å². The monoisotopic (exact) mass is 312 g/mol. The van der Waals surface area contributed by atoms with Crippen LogP contribution in [-0.4, -0.2) is 76.4 Å². The van der Waals surface area contributed by atoms with Crippen LogP contribution >= 0.6 is 0 Å². The lowest BCUT2D eigenvalue weighted by Crippen LogP contribution is -2.43. The highest BCUT2D eigenvalue weighted by Crippen LogP contribution is 2.11. The number of carbonyl (C=O) groups excluding carboxylic acids is 1. The van der Waals surface area contributed by atoms with Crippen LogP contribution in [0.15, 0.2) is 4.99 Å². The number of ether oxygens (including phenoxy) is 2. The zero-order valence-electron chi connectivity index (χ0n) is 13.6. The van der Waals surface area contributed by atoms with E-state index in [0.717, 1.165) is 52.2 Å². The van der Waals surface area contributed by atoms with E-state index in [-0.39, 0.29) is 18.6 Å². The van der Waals surface area contributed by atoms with E-state index in [0.29, 0.717) is 11.9 Å². The second-order valence-corrected chi connectivity index (χ2v) is 6.08. The molecule has 0 aromatic rings. The van der Waals surface area contributed by atoms with Gasteiger partial charge in [-0.3, -0.25) is 4.79 Å². The minimum Gasteiger partial charge on any atom is -0.381 e. The van der Waals surface area contributed by atoms with Gasteiger partial charge in [-0.2, -0.15) is 0 Å². The first-order valence-corrected chi connectivity index (χ1v) is 8.07. The Bertz CT molecular complexity index is 353. The van der Waals surface area contributed by atoms with Crippen molar-refractivity contribution in [1.29, 1.82) is 0 Å². The quantitative estimate of drug-likeness (QED) is 0.526. The molecule has 2 rings (SSSR count). The lowest BCUT2D eigenvalue weighted by atomic mass is 10.1. The first-order chi connectivity index (χ1) is 10.6. The van der Waals surface area contributed by atoms with Gasteiger partial charge >= 0.3 is 0 Å². The molecule has 126 valence electrons. The number of nitrogens with zero attached hydrogens (tertiary/aromatic N) is 2. The third-order valence-electron chi connectivity index (χ3n) is 3.97. The van der Waals surface area contributed by atoms with Gasteiger partial charge in [-0.05, 0) is 19.3 Å². The smallest absolute Gasteiger partial charge is 0.243 e. The topological polar surface area (TPSA) is 75.2 Å². The molecule has 2 unspecified atom stereocenters. The van der Waals surface area contributed by atoms with E-state index >= 15 is 0 Å². The van der Waals surface area contributed by atoms with Crippen LogP contribution in [0.3, 0.4) is 0 Å². The standard InChI is InChI=1S/C15H28N4O3/c1-19(2)14(20)10-18-15(16-8-12-5-7-21-11-12)17-9-13-4-3-6-22-13/h12-13H,3-11H2,1-2H3,(H2,16,17,18). The summed E-state index contributed by atoms with van der Waals surface area (Å²) in [6, 6.07) is 0. The van der Waals surface area contributed by atoms with Gasteiger partial charge in [0.1, 0.15) is 6.54 Å². The number of nitrogens with one attached hydrogen (secondary N) is 2. The number of likely N-dealkylation sites (N-methyl/N-ethyl adjacent to an activating group) is 1. The van der Waals surface area contributed by atoms with Gasteiger partial charge in [0, 0.05) is 46.3 Å². The van der Waals surface area contributed by atoms with Crippen LogP contribution in [0.25, 0.3) is 0 Å². The van der Waals surface area contributed by atoms with Gasteiger partial charge in [0.05, 0.1) is 12.7 Å².